The molecule has 17 heavy (non-hydrogen) atoms. The average molecular weight is 270 g/mol. The van der Waals surface area contributed by atoms with Crippen LogP contribution in [0.5, 0.6) is 0 Å². The number of aliphatic imine (C=N–C) groups is 1. The van der Waals surface area contributed by atoms with Gasteiger partial charge < -0.3 is 10.6 Å². The van der Waals surface area contributed by atoms with Crippen LogP contribution in [0.4, 0.5) is 0 Å². The number of rotatable bonds is 3. The van der Waals surface area contributed by atoms with E-state index in [2.05, 4.69) is 11.6 Å². The van der Waals surface area contributed by atoms with E-state index in [9.17, 15) is 0 Å². The lowest BCUT2D eigenvalue weighted by atomic mass is 10.1. The largest absolute Gasteiger partial charge is 0.370 e. The summed E-state index contributed by atoms with van der Waals surface area (Å²) in [5, 5.41) is 1.24. The molecule has 1 aliphatic rings. The molecule has 0 aromatic heterocycles. The molecule has 0 amide bonds. The summed E-state index contributed by atoms with van der Waals surface area (Å²) in [5.74, 6) is 0.533. The Balaban J connectivity index is 2.30. The van der Waals surface area contributed by atoms with Crippen molar-refractivity contribution in [3.8, 4) is 0 Å². The Bertz CT molecular complexity index is 451. The van der Waals surface area contributed by atoms with Crippen LogP contribution in [0.25, 0.3) is 0 Å². The summed E-state index contributed by atoms with van der Waals surface area (Å²) in [7, 11) is 0. The van der Waals surface area contributed by atoms with E-state index in [1.54, 1.807) is 12.1 Å². The number of nitrogens with two attached hydrogens (primary N) is 1. The normalized spacial score (nSPS) is 19.3. The minimum Gasteiger partial charge on any atom is -0.370 e. The van der Waals surface area contributed by atoms with Crippen LogP contribution in [0.2, 0.25) is 10.0 Å². The van der Waals surface area contributed by atoms with Gasteiger partial charge in [-0.15, -0.1) is 6.58 Å². The predicted molar refractivity (Wildman–Crippen MR) is 72.6 cm³/mol. The lowest BCUT2D eigenvalue weighted by molar-refractivity contribution is 0.380. The fourth-order valence-corrected chi connectivity index (χ4v) is 2.48. The third kappa shape index (κ3) is 2.56. The van der Waals surface area contributed by atoms with Crippen LogP contribution < -0.4 is 5.73 Å². The van der Waals surface area contributed by atoms with Gasteiger partial charge in [0.25, 0.3) is 0 Å². The van der Waals surface area contributed by atoms with Gasteiger partial charge in [-0.05, 0) is 23.8 Å². The van der Waals surface area contributed by atoms with E-state index >= 15 is 0 Å². The summed E-state index contributed by atoms with van der Waals surface area (Å²) in [6, 6.07) is 5.58. The summed E-state index contributed by atoms with van der Waals surface area (Å²) >= 11 is 12.0. The van der Waals surface area contributed by atoms with Crippen molar-refractivity contribution in [3.05, 3.63) is 46.5 Å². The van der Waals surface area contributed by atoms with Crippen LogP contribution in [-0.4, -0.2) is 23.9 Å². The van der Waals surface area contributed by atoms with Gasteiger partial charge >= 0.3 is 0 Å². The highest BCUT2D eigenvalue weighted by atomic mass is 35.5. The van der Waals surface area contributed by atoms with Gasteiger partial charge in [-0.1, -0.05) is 29.3 Å². The Morgan fingerprint density at radius 1 is 1.41 bits per heavy atom. The van der Waals surface area contributed by atoms with Crippen molar-refractivity contribution >= 4 is 29.2 Å². The summed E-state index contributed by atoms with van der Waals surface area (Å²) in [5.41, 5.74) is 6.85. The van der Waals surface area contributed by atoms with E-state index in [-0.39, 0.29) is 6.04 Å². The highest BCUT2D eigenvalue weighted by Crippen LogP contribution is 2.29. The van der Waals surface area contributed by atoms with Crippen molar-refractivity contribution in [2.45, 2.75) is 6.04 Å². The van der Waals surface area contributed by atoms with E-state index in [1.807, 2.05) is 17.0 Å². The molecule has 0 saturated carbocycles. The second kappa shape index (κ2) is 4.98. The second-order valence-corrected chi connectivity index (χ2v) is 4.73. The number of hydrogen-bond acceptors (Lipinski definition) is 3. The maximum absolute atomic E-state index is 6.00. The molecule has 1 atom stereocenters. The highest BCUT2D eigenvalue weighted by molar-refractivity contribution is 6.34. The Morgan fingerprint density at radius 3 is 2.65 bits per heavy atom. The fourth-order valence-electron chi connectivity index (χ4n) is 1.94. The number of nitrogens with zero attached hydrogens (tertiary/aromatic N) is 2. The summed E-state index contributed by atoms with van der Waals surface area (Å²) in [4.78, 5) is 6.22. The maximum atomic E-state index is 6.00. The van der Waals surface area contributed by atoms with Crippen molar-refractivity contribution in [1.82, 2.24) is 4.90 Å². The van der Waals surface area contributed by atoms with Gasteiger partial charge in [0.15, 0.2) is 5.96 Å². The Labute approximate surface area is 111 Å². The first-order valence-corrected chi connectivity index (χ1v) is 6.01. The molecule has 1 heterocycles. The molecule has 1 aromatic rings. The van der Waals surface area contributed by atoms with Crippen LogP contribution >= 0.6 is 23.2 Å². The van der Waals surface area contributed by atoms with Crippen molar-refractivity contribution in [1.29, 1.82) is 0 Å². The standard InChI is InChI=1S/C12H13Cl2N3/c1-2-3-17-11(7-16-12(17)15)8-4-9(13)6-10(14)5-8/h2,4-6,11H,1,3,7H2,(H2,15,16). The zero-order chi connectivity index (χ0) is 12.4. The van der Waals surface area contributed by atoms with Crippen molar-refractivity contribution < 1.29 is 0 Å². The molecule has 1 aromatic carbocycles. The average Bonchev–Trinajstić information content (AvgIpc) is 2.60. The van der Waals surface area contributed by atoms with E-state index in [4.69, 9.17) is 28.9 Å². The molecule has 0 radical (unpaired) electrons. The Kier molecular flexibility index (Phi) is 3.60. The summed E-state index contributed by atoms with van der Waals surface area (Å²) in [6.45, 7) is 5.00. The van der Waals surface area contributed by atoms with Gasteiger partial charge in [-0.2, -0.15) is 0 Å². The minimum atomic E-state index is 0.0872. The minimum absolute atomic E-state index is 0.0872. The molecule has 2 N–H and O–H groups in total. The second-order valence-electron chi connectivity index (χ2n) is 3.86. The van der Waals surface area contributed by atoms with E-state index in [1.165, 1.54) is 0 Å². The molecule has 0 fully saturated rings. The lowest BCUT2D eigenvalue weighted by Gasteiger charge is -2.25. The first kappa shape index (κ1) is 12.3. The van der Waals surface area contributed by atoms with Gasteiger partial charge in [0.2, 0.25) is 0 Å². The van der Waals surface area contributed by atoms with Gasteiger partial charge in [-0.3, -0.25) is 4.99 Å². The molecular weight excluding hydrogens is 257 g/mol. The predicted octanol–water partition coefficient (Wildman–Crippen LogP) is 2.85. The lowest BCUT2D eigenvalue weighted by Crippen LogP contribution is -2.36. The maximum Gasteiger partial charge on any atom is 0.192 e. The quantitative estimate of drug-likeness (QED) is 0.858. The molecule has 2 rings (SSSR count). The molecule has 0 spiro atoms. The van der Waals surface area contributed by atoms with Gasteiger partial charge in [0.1, 0.15) is 0 Å². The molecule has 5 heteroatoms. The monoisotopic (exact) mass is 269 g/mol. The van der Waals surface area contributed by atoms with Crippen LogP contribution in [0.15, 0.2) is 35.8 Å². The fraction of sp³-hybridized carbons (Fsp3) is 0.250. The van der Waals surface area contributed by atoms with Crippen LogP contribution in [0.3, 0.4) is 0 Å². The van der Waals surface area contributed by atoms with E-state index in [0.717, 1.165) is 5.56 Å². The zero-order valence-corrected chi connectivity index (χ0v) is 10.7. The van der Waals surface area contributed by atoms with Crippen LogP contribution in [0, 0.1) is 0 Å². The summed E-state index contributed by atoms with van der Waals surface area (Å²) < 4.78 is 0. The number of halogens is 2. The topological polar surface area (TPSA) is 41.6 Å². The molecule has 0 saturated heterocycles. The third-order valence-corrected chi connectivity index (χ3v) is 3.13. The number of benzene rings is 1. The molecule has 0 aliphatic carbocycles. The molecule has 0 bridgehead atoms. The third-order valence-electron chi connectivity index (χ3n) is 2.69. The van der Waals surface area contributed by atoms with Gasteiger partial charge in [-0.25, -0.2) is 0 Å². The zero-order valence-electron chi connectivity index (χ0n) is 9.24. The van der Waals surface area contributed by atoms with Crippen LogP contribution in [0.1, 0.15) is 11.6 Å². The molecular formula is C12H13Cl2N3. The van der Waals surface area contributed by atoms with Gasteiger partial charge in [0.05, 0.1) is 12.6 Å². The Hall–Kier alpha value is -1.19. The smallest absolute Gasteiger partial charge is 0.192 e. The molecule has 1 aliphatic heterocycles. The SMILES string of the molecule is C=CCN1C(N)=NCC1c1cc(Cl)cc(Cl)c1. The summed E-state index contributed by atoms with van der Waals surface area (Å²) in [6.07, 6.45) is 1.80. The first-order chi connectivity index (χ1) is 8.11. The first-order valence-electron chi connectivity index (χ1n) is 5.25. The highest BCUT2D eigenvalue weighted by Gasteiger charge is 2.26. The molecule has 3 nitrogen and oxygen atoms in total. The van der Waals surface area contributed by atoms with Gasteiger partial charge in [0, 0.05) is 16.6 Å². The van der Waals surface area contributed by atoms with Crippen molar-refractivity contribution in [2.24, 2.45) is 10.7 Å². The van der Waals surface area contributed by atoms with E-state index in [0.29, 0.717) is 29.1 Å². The van der Waals surface area contributed by atoms with Crippen molar-refractivity contribution in [3.63, 3.8) is 0 Å². The molecule has 90 valence electrons. The van der Waals surface area contributed by atoms with Crippen LogP contribution in [-0.2, 0) is 0 Å². The Morgan fingerprint density at radius 2 is 2.06 bits per heavy atom. The van der Waals surface area contributed by atoms with Crippen molar-refractivity contribution in [2.75, 3.05) is 13.1 Å². The molecule has 1 unspecified atom stereocenters. The number of guanidine groups is 1. The van der Waals surface area contributed by atoms with E-state index < -0.39 is 0 Å². The number of hydrogen-bond donors (Lipinski definition) is 1.